The van der Waals surface area contributed by atoms with E-state index in [9.17, 15) is 21.6 Å². The first-order valence-electron chi connectivity index (χ1n) is 16.1. The molecule has 0 amide bonds. The third kappa shape index (κ3) is 8.51. The molecule has 0 spiro atoms. The molecule has 262 valence electrons. The van der Waals surface area contributed by atoms with E-state index in [1.165, 1.54) is 42.5 Å². The molecule has 0 bridgehead atoms. The molecule has 3 heterocycles. The van der Waals surface area contributed by atoms with E-state index in [-0.39, 0.29) is 23.9 Å². The molecule has 1 unspecified atom stereocenters. The van der Waals surface area contributed by atoms with Crippen molar-refractivity contribution < 1.29 is 31.4 Å². The number of hydrogen-bond donors (Lipinski definition) is 3. The van der Waals surface area contributed by atoms with Gasteiger partial charge in [0, 0.05) is 49.3 Å². The second-order valence-electron chi connectivity index (χ2n) is 11.9. The van der Waals surface area contributed by atoms with Crippen molar-refractivity contribution in [3.05, 3.63) is 72.4 Å². The first kappa shape index (κ1) is 35.7. The van der Waals surface area contributed by atoms with Crippen molar-refractivity contribution in [1.82, 2.24) is 24.5 Å². The van der Waals surface area contributed by atoms with E-state index in [0.29, 0.717) is 27.7 Å². The predicted octanol–water partition coefficient (Wildman–Crippen LogP) is 7.05. The Labute approximate surface area is 283 Å². The Morgan fingerprint density at radius 1 is 0.980 bits per heavy atom. The van der Waals surface area contributed by atoms with E-state index in [1.54, 1.807) is 31.0 Å². The maximum Gasteiger partial charge on any atom is 0.355 e. The lowest BCUT2D eigenvalue weighted by atomic mass is 10.0. The molecule has 1 atom stereocenters. The number of nitrogen functional groups attached to an aromatic ring is 1. The lowest BCUT2D eigenvalue weighted by molar-refractivity contribution is 0.228. The highest BCUT2D eigenvalue weighted by Gasteiger charge is 2.27. The minimum Gasteiger partial charge on any atom is -0.484 e. The summed E-state index contributed by atoms with van der Waals surface area (Å²) in [5, 5.41) is 18.7. The number of aliphatic hydroxyl groups excluding tert-OH is 1. The number of unbranched alkanes of at least 4 members (excludes halogenated alkanes) is 6. The fourth-order valence-corrected chi connectivity index (χ4v) is 6.25. The molecule has 0 fully saturated rings. The molecule has 4 N–H and O–H groups in total. The molecular formula is C34H40F3N7O4S. The zero-order chi connectivity index (χ0) is 35.1. The minimum atomic E-state index is -5.02. The average Bonchev–Trinajstić information content (AvgIpc) is 3.68. The summed E-state index contributed by atoms with van der Waals surface area (Å²) in [6.07, 6.45) is 12.1. The van der Waals surface area contributed by atoms with Crippen molar-refractivity contribution in [1.29, 1.82) is 0 Å². The van der Waals surface area contributed by atoms with Crippen LogP contribution in [0.3, 0.4) is 0 Å². The van der Waals surface area contributed by atoms with Gasteiger partial charge in [0.05, 0.1) is 22.8 Å². The van der Waals surface area contributed by atoms with Crippen LogP contribution in [0, 0.1) is 5.82 Å². The van der Waals surface area contributed by atoms with Crippen molar-refractivity contribution in [3.8, 4) is 28.1 Å². The number of hydrogen-bond acceptors (Lipinski definition) is 8. The number of anilines is 2. The molecule has 0 aliphatic heterocycles. The normalized spacial score (nSPS) is 12.6. The average molecular weight is 700 g/mol. The highest BCUT2D eigenvalue weighted by atomic mass is 32.2. The Morgan fingerprint density at radius 2 is 1.67 bits per heavy atom. The summed E-state index contributed by atoms with van der Waals surface area (Å²) in [5.41, 5.74) is 9.92. The Hall–Kier alpha value is -4.63. The number of aromatic nitrogens is 5. The number of rotatable bonds is 17. The van der Waals surface area contributed by atoms with Crippen LogP contribution in [-0.4, -0.2) is 50.4 Å². The number of nitrogens with two attached hydrogens (primary N) is 1. The molecule has 11 nitrogen and oxygen atoms in total. The van der Waals surface area contributed by atoms with E-state index in [2.05, 4.69) is 10.1 Å². The van der Waals surface area contributed by atoms with Gasteiger partial charge in [-0.2, -0.15) is 19.0 Å². The number of halogens is 3. The van der Waals surface area contributed by atoms with E-state index < -0.39 is 27.7 Å². The fourth-order valence-electron chi connectivity index (χ4n) is 5.68. The summed E-state index contributed by atoms with van der Waals surface area (Å²) in [6.45, 7) is 2.67. The Kier molecular flexibility index (Phi) is 11.4. The van der Waals surface area contributed by atoms with Gasteiger partial charge in [0.1, 0.15) is 29.2 Å². The maximum atomic E-state index is 13.5. The third-order valence-electron chi connectivity index (χ3n) is 8.27. The van der Waals surface area contributed by atoms with Crippen LogP contribution < -0.4 is 15.2 Å². The molecule has 0 aliphatic rings. The summed E-state index contributed by atoms with van der Waals surface area (Å²) in [4.78, 5) is 4.45. The van der Waals surface area contributed by atoms with Crippen molar-refractivity contribution in [3.63, 3.8) is 0 Å². The van der Waals surface area contributed by atoms with Crippen LogP contribution in [0.15, 0.2) is 61.1 Å². The van der Waals surface area contributed by atoms with E-state index in [1.807, 2.05) is 15.6 Å². The lowest BCUT2D eigenvalue weighted by Crippen LogP contribution is -2.21. The number of aliphatic hydroxyl groups is 1. The molecule has 0 radical (unpaired) electrons. The van der Waals surface area contributed by atoms with Crippen LogP contribution in [0.25, 0.3) is 33.3 Å². The van der Waals surface area contributed by atoms with Gasteiger partial charge in [0.15, 0.2) is 0 Å². The zero-order valence-corrected chi connectivity index (χ0v) is 28.1. The summed E-state index contributed by atoms with van der Waals surface area (Å²) in [7, 11) is -3.26. The highest BCUT2D eigenvalue weighted by Crippen LogP contribution is 2.40. The van der Waals surface area contributed by atoms with Crippen LogP contribution in [0.4, 0.5) is 24.7 Å². The topological polar surface area (TPSA) is 150 Å². The summed E-state index contributed by atoms with van der Waals surface area (Å²) < 4.78 is 75.9. The summed E-state index contributed by atoms with van der Waals surface area (Å²) in [5.74, 6) is -3.96. The number of nitrogens with zero attached hydrogens (tertiary/aromatic N) is 5. The van der Waals surface area contributed by atoms with E-state index in [4.69, 9.17) is 20.7 Å². The summed E-state index contributed by atoms with van der Waals surface area (Å²) >= 11 is 0. The molecule has 2 aromatic carbocycles. The number of alkyl halides is 2. The standard InChI is InChI=1S/C34H40F3N7O4S/c1-22(23-10-13-26(35)14-11-23)48-29-18-24(12-15-28(29)42-49(46,47)34(36)37)31-30-32(43(2)41-31)27(20-39-33(30)38)25-19-40-44(21-25)16-8-6-4-3-5-7-9-17-45/h10-15,18-22,34,42,45H,3-9,16-17H2,1-2H3,(H2,38,39). The molecule has 5 rings (SSSR count). The second-order valence-corrected chi connectivity index (χ2v) is 13.5. The third-order valence-corrected chi connectivity index (χ3v) is 9.24. The lowest BCUT2D eigenvalue weighted by Gasteiger charge is -2.19. The molecule has 5 aromatic rings. The Bertz CT molecular complexity index is 1980. The van der Waals surface area contributed by atoms with Gasteiger partial charge in [0.25, 0.3) is 10.0 Å². The van der Waals surface area contributed by atoms with Gasteiger partial charge < -0.3 is 15.6 Å². The molecule has 3 aromatic heterocycles. The van der Waals surface area contributed by atoms with Gasteiger partial charge in [0.2, 0.25) is 0 Å². The first-order chi connectivity index (χ1) is 23.5. The number of aryl methyl sites for hydroxylation is 2. The smallest absolute Gasteiger partial charge is 0.355 e. The predicted molar refractivity (Wildman–Crippen MR) is 183 cm³/mol. The minimum absolute atomic E-state index is 0.0496. The number of nitrogens with one attached hydrogen (secondary N) is 1. The second kappa shape index (κ2) is 15.7. The SMILES string of the molecule is CC(Oc1cc(-c2nn(C)c3c(-c4cnn(CCCCCCCCCO)c4)cnc(N)c23)ccc1NS(=O)(=O)C(F)F)c1ccc(F)cc1. The van der Waals surface area contributed by atoms with Crippen LogP contribution in [0.5, 0.6) is 5.75 Å². The molecule has 49 heavy (non-hydrogen) atoms. The summed E-state index contributed by atoms with van der Waals surface area (Å²) in [6, 6.07) is 9.87. The Balaban J connectivity index is 1.44. The van der Waals surface area contributed by atoms with Crippen molar-refractivity contribution in [2.75, 3.05) is 17.1 Å². The van der Waals surface area contributed by atoms with Crippen LogP contribution >= 0.6 is 0 Å². The number of fused-ring (bicyclic) bond motifs is 1. The van der Waals surface area contributed by atoms with Gasteiger partial charge in [-0.15, -0.1) is 0 Å². The highest BCUT2D eigenvalue weighted by molar-refractivity contribution is 7.93. The first-order valence-corrected chi connectivity index (χ1v) is 17.6. The van der Waals surface area contributed by atoms with Crippen LogP contribution in [0.2, 0.25) is 0 Å². The van der Waals surface area contributed by atoms with Gasteiger partial charge in [-0.05, 0) is 49.6 Å². The van der Waals surface area contributed by atoms with Gasteiger partial charge in [-0.25, -0.2) is 17.8 Å². The van der Waals surface area contributed by atoms with Crippen molar-refractivity contribution in [2.45, 2.75) is 70.3 Å². The zero-order valence-electron chi connectivity index (χ0n) is 27.3. The van der Waals surface area contributed by atoms with Crippen molar-refractivity contribution >= 4 is 32.4 Å². The molecular weight excluding hydrogens is 659 g/mol. The quantitative estimate of drug-likeness (QED) is 0.0875. The molecule has 0 aliphatic carbocycles. The van der Waals surface area contributed by atoms with Gasteiger partial charge in [-0.1, -0.05) is 50.3 Å². The van der Waals surface area contributed by atoms with Crippen LogP contribution in [-0.2, 0) is 23.6 Å². The van der Waals surface area contributed by atoms with E-state index in [0.717, 1.165) is 62.6 Å². The number of pyridine rings is 1. The Morgan fingerprint density at radius 3 is 2.37 bits per heavy atom. The number of benzene rings is 2. The van der Waals surface area contributed by atoms with Crippen LogP contribution in [0.1, 0.15) is 63.5 Å². The molecule has 0 saturated carbocycles. The largest absolute Gasteiger partial charge is 0.484 e. The van der Waals surface area contributed by atoms with Crippen molar-refractivity contribution in [2.24, 2.45) is 7.05 Å². The van der Waals surface area contributed by atoms with E-state index >= 15 is 0 Å². The fraction of sp³-hybridized carbons (Fsp3) is 0.382. The molecule has 15 heteroatoms. The number of ether oxygens (including phenoxy) is 1. The van der Waals surface area contributed by atoms with Gasteiger partial charge in [-0.3, -0.25) is 14.1 Å². The monoisotopic (exact) mass is 699 g/mol. The van der Waals surface area contributed by atoms with Gasteiger partial charge >= 0.3 is 5.76 Å². The number of sulfonamides is 1. The molecule has 0 saturated heterocycles. The maximum absolute atomic E-state index is 13.5.